The first-order valence-electron chi connectivity index (χ1n) is 8.73. The molecule has 1 saturated carbocycles. The molecule has 0 bridgehead atoms. The van der Waals surface area contributed by atoms with Crippen LogP contribution in [0.25, 0.3) is 0 Å². The third-order valence-electron chi connectivity index (χ3n) is 4.59. The fourth-order valence-electron chi connectivity index (χ4n) is 3.23. The average Bonchev–Trinajstić information content (AvgIpc) is 3.10. The zero-order valence-corrected chi connectivity index (χ0v) is 15.0. The zero-order chi connectivity index (χ0) is 20.0. The number of hydrogen-bond acceptors (Lipinski definition) is 3. The van der Waals surface area contributed by atoms with Gasteiger partial charge in [0.15, 0.2) is 0 Å². The van der Waals surface area contributed by atoms with Crippen LogP contribution in [0.5, 0.6) is 0 Å². The highest BCUT2D eigenvalue weighted by atomic mass is 19.4. The van der Waals surface area contributed by atoms with Gasteiger partial charge in [-0.2, -0.15) is 18.2 Å². The predicted octanol–water partition coefficient (Wildman–Crippen LogP) is 2.61. The van der Waals surface area contributed by atoms with E-state index in [2.05, 4.69) is 10.3 Å². The van der Waals surface area contributed by atoms with Crippen LogP contribution in [-0.4, -0.2) is 23.4 Å². The quantitative estimate of drug-likeness (QED) is 0.583. The van der Waals surface area contributed by atoms with E-state index in [-0.39, 0.29) is 11.8 Å². The minimum Gasteiger partial charge on any atom is -0.394 e. The summed E-state index contributed by atoms with van der Waals surface area (Å²) in [6.45, 7) is 0. The average molecular weight is 384 g/mol. The monoisotopic (exact) mass is 384 g/mol. The van der Waals surface area contributed by atoms with Gasteiger partial charge in [0, 0.05) is 19.3 Å². The lowest BCUT2D eigenvalue weighted by atomic mass is 9.97. The van der Waals surface area contributed by atoms with E-state index in [1.807, 2.05) is 0 Å². The minimum absolute atomic E-state index is 0.0502. The normalized spacial score (nSPS) is 17.4. The summed E-state index contributed by atoms with van der Waals surface area (Å²) in [5, 5.41) is 2.71. The van der Waals surface area contributed by atoms with Gasteiger partial charge in [0.2, 0.25) is 0 Å². The van der Waals surface area contributed by atoms with Gasteiger partial charge in [0.1, 0.15) is 11.9 Å². The lowest BCUT2D eigenvalue weighted by Crippen LogP contribution is -2.31. The lowest BCUT2D eigenvalue weighted by molar-refractivity contribution is -0.137. The van der Waals surface area contributed by atoms with Gasteiger partial charge in [-0.1, -0.05) is 25.7 Å². The molecule has 6 nitrogen and oxygen atoms in total. The summed E-state index contributed by atoms with van der Waals surface area (Å²) in [7, 11) is 1.65. The van der Waals surface area contributed by atoms with E-state index in [0.29, 0.717) is 12.5 Å². The molecule has 1 atom stereocenters. The van der Waals surface area contributed by atoms with Gasteiger partial charge >= 0.3 is 6.18 Å². The van der Waals surface area contributed by atoms with Crippen molar-refractivity contribution < 1.29 is 18.0 Å². The highest BCUT2D eigenvalue weighted by molar-refractivity contribution is 6.00. The molecule has 1 aromatic heterocycles. The number of nitrogens with two attached hydrogens (primary N) is 1. The number of halogens is 3. The van der Waals surface area contributed by atoms with Crippen molar-refractivity contribution in [2.45, 2.75) is 44.3 Å². The molecule has 0 radical (unpaired) electrons. The van der Waals surface area contributed by atoms with Gasteiger partial charge in [0.05, 0.1) is 5.56 Å². The Morgan fingerprint density at radius 1 is 1.44 bits per heavy atom. The summed E-state index contributed by atoms with van der Waals surface area (Å²) >= 11 is 0. The van der Waals surface area contributed by atoms with Crippen LogP contribution in [0.1, 0.15) is 43.7 Å². The number of aliphatic imine (C=N–C) groups is 1. The molecular formula is C18H23F3N4O2. The molecule has 0 aliphatic heterocycles. The third-order valence-corrected chi connectivity index (χ3v) is 4.59. The van der Waals surface area contributed by atoms with Crippen molar-refractivity contribution in [2.75, 3.05) is 7.05 Å². The van der Waals surface area contributed by atoms with Crippen LogP contribution in [0.3, 0.4) is 0 Å². The maximum Gasteiger partial charge on any atom is 0.416 e. The van der Waals surface area contributed by atoms with Crippen molar-refractivity contribution in [3.05, 3.63) is 46.5 Å². The second-order valence-corrected chi connectivity index (χ2v) is 6.56. The first-order chi connectivity index (χ1) is 12.7. The van der Waals surface area contributed by atoms with Crippen molar-refractivity contribution >= 4 is 11.7 Å². The number of pyridine rings is 1. The molecule has 1 aromatic rings. The number of nitrogens with zero attached hydrogens (tertiary/aromatic N) is 2. The second-order valence-electron chi connectivity index (χ2n) is 6.56. The van der Waals surface area contributed by atoms with Crippen LogP contribution in [0.15, 0.2) is 40.4 Å². The Morgan fingerprint density at radius 3 is 2.67 bits per heavy atom. The van der Waals surface area contributed by atoms with Crippen molar-refractivity contribution in [3.8, 4) is 0 Å². The number of rotatable bonds is 6. The molecule has 3 N–H and O–H groups in total. The number of aromatic nitrogens is 1. The molecule has 1 fully saturated rings. The first-order valence-corrected chi connectivity index (χ1v) is 8.73. The molecule has 1 amide bonds. The van der Waals surface area contributed by atoms with Crippen molar-refractivity contribution in [1.82, 2.24) is 9.88 Å². The predicted molar refractivity (Wildman–Crippen MR) is 96.1 cm³/mol. The number of carbonyl (C=O) groups is 1. The Kier molecular flexibility index (Phi) is 6.81. The Labute approximate surface area is 155 Å². The third kappa shape index (κ3) is 5.70. The SMILES string of the molecule is CN/C=C\C(N)=NC(=O)C(CC1CCCC1)n1ccc(C(F)(F)F)cc1=O. The van der Waals surface area contributed by atoms with E-state index in [4.69, 9.17) is 5.73 Å². The number of nitrogens with one attached hydrogen (secondary N) is 1. The molecule has 1 unspecified atom stereocenters. The van der Waals surface area contributed by atoms with Gasteiger partial charge in [0.25, 0.3) is 11.5 Å². The first kappa shape index (κ1) is 20.7. The van der Waals surface area contributed by atoms with E-state index < -0.39 is 29.2 Å². The fourth-order valence-corrected chi connectivity index (χ4v) is 3.23. The van der Waals surface area contributed by atoms with E-state index in [1.165, 1.54) is 12.3 Å². The zero-order valence-electron chi connectivity index (χ0n) is 15.0. The number of alkyl halides is 3. The highest BCUT2D eigenvalue weighted by Gasteiger charge is 2.32. The van der Waals surface area contributed by atoms with E-state index in [1.54, 1.807) is 7.05 Å². The van der Waals surface area contributed by atoms with Crippen molar-refractivity contribution in [2.24, 2.45) is 16.6 Å². The molecule has 0 spiro atoms. The molecule has 1 aliphatic carbocycles. The fraction of sp³-hybridized carbons (Fsp3) is 0.500. The number of amidine groups is 1. The van der Waals surface area contributed by atoms with Gasteiger partial charge < -0.3 is 15.6 Å². The number of carbonyl (C=O) groups excluding carboxylic acids is 1. The Balaban J connectivity index is 2.36. The van der Waals surface area contributed by atoms with Gasteiger partial charge in [-0.15, -0.1) is 0 Å². The largest absolute Gasteiger partial charge is 0.416 e. The van der Waals surface area contributed by atoms with Crippen LogP contribution in [0.4, 0.5) is 13.2 Å². The van der Waals surface area contributed by atoms with Crippen molar-refractivity contribution in [1.29, 1.82) is 0 Å². The highest BCUT2D eigenvalue weighted by Crippen LogP contribution is 2.33. The Bertz CT molecular complexity index is 778. The Hall–Kier alpha value is -2.58. The molecule has 0 aromatic carbocycles. The van der Waals surface area contributed by atoms with Crippen LogP contribution in [0, 0.1) is 5.92 Å². The maximum absolute atomic E-state index is 12.8. The maximum atomic E-state index is 12.8. The topological polar surface area (TPSA) is 89.5 Å². The molecule has 0 saturated heterocycles. The minimum atomic E-state index is -4.62. The van der Waals surface area contributed by atoms with E-state index >= 15 is 0 Å². The molecule has 9 heteroatoms. The molecule has 2 rings (SSSR count). The molecular weight excluding hydrogens is 361 g/mol. The molecule has 27 heavy (non-hydrogen) atoms. The number of hydrogen-bond donors (Lipinski definition) is 2. The molecule has 148 valence electrons. The summed E-state index contributed by atoms with van der Waals surface area (Å²) in [5.41, 5.74) is 3.74. The molecule has 1 aliphatic rings. The van der Waals surface area contributed by atoms with Crippen LogP contribution >= 0.6 is 0 Å². The smallest absolute Gasteiger partial charge is 0.394 e. The van der Waals surface area contributed by atoms with Gasteiger partial charge in [-0.05, 0) is 30.7 Å². The van der Waals surface area contributed by atoms with Gasteiger partial charge in [-0.3, -0.25) is 9.59 Å². The van der Waals surface area contributed by atoms with E-state index in [9.17, 15) is 22.8 Å². The van der Waals surface area contributed by atoms with Crippen molar-refractivity contribution in [3.63, 3.8) is 0 Å². The lowest BCUT2D eigenvalue weighted by Gasteiger charge is -2.20. The summed E-state index contributed by atoms with van der Waals surface area (Å²) in [6.07, 6.45) is 3.50. The summed E-state index contributed by atoms with van der Waals surface area (Å²) in [4.78, 5) is 28.7. The van der Waals surface area contributed by atoms with Crippen LogP contribution in [-0.2, 0) is 11.0 Å². The van der Waals surface area contributed by atoms with Gasteiger partial charge in [-0.25, -0.2) is 0 Å². The summed E-state index contributed by atoms with van der Waals surface area (Å²) < 4.78 is 39.5. The summed E-state index contributed by atoms with van der Waals surface area (Å²) in [5.74, 6) is -0.481. The summed E-state index contributed by atoms with van der Waals surface area (Å²) in [6, 6.07) is 0.317. The Morgan fingerprint density at radius 2 is 2.11 bits per heavy atom. The standard InChI is InChI=1S/C18H23F3N4O2/c1-23-8-6-15(22)24-17(27)14(10-12-4-2-3-5-12)25-9-7-13(11-16(25)26)18(19,20)21/h6-9,11-12,14,23H,2-5,10H2,1H3,(H2,22,24,27)/b8-6-. The second kappa shape index (κ2) is 8.88. The molecule has 1 heterocycles. The van der Waals surface area contributed by atoms with Crippen LogP contribution in [0.2, 0.25) is 0 Å². The van der Waals surface area contributed by atoms with E-state index in [0.717, 1.165) is 42.5 Å². The number of amides is 1. The van der Waals surface area contributed by atoms with Crippen LogP contribution < -0.4 is 16.6 Å².